The molecule has 1 aliphatic rings. The van der Waals surface area contributed by atoms with E-state index < -0.39 is 0 Å². The second-order valence-electron chi connectivity index (χ2n) is 20.3. The van der Waals surface area contributed by atoms with Gasteiger partial charge in [-0.15, -0.1) is 40.7 Å². The Balaban J connectivity index is 0.00000533. The third kappa shape index (κ3) is 7.59. The zero-order valence-electron chi connectivity index (χ0n) is 39.4. The van der Waals surface area contributed by atoms with Crippen molar-refractivity contribution in [2.24, 2.45) is 5.92 Å². The van der Waals surface area contributed by atoms with Gasteiger partial charge in [0.2, 0.25) is 6.71 Å². The summed E-state index contributed by atoms with van der Waals surface area (Å²) in [5.74, 6) is 2.25. The van der Waals surface area contributed by atoms with Gasteiger partial charge in [0.1, 0.15) is 11.6 Å². The number of aryl methyl sites for hydroxylation is 2. The summed E-state index contributed by atoms with van der Waals surface area (Å²) in [7, 11) is 0. The Morgan fingerprint density at radius 2 is 1.48 bits per heavy atom. The van der Waals surface area contributed by atoms with Crippen LogP contribution in [0, 0.1) is 25.8 Å². The minimum atomic E-state index is -0.157. The largest absolute Gasteiger partial charge is 0.507 e. The van der Waals surface area contributed by atoms with Crippen molar-refractivity contribution in [2.75, 3.05) is 0 Å². The molecule has 0 spiro atoms. The van der Waals surface area contributed by atoms with Gasteiger partial charge in [0, 0.05) is 48.0 Å². The summed E-state index contributed by atoms with van der Waals surface area (Å²) in [4.78, 5) is 10.8. The van der Waals surface area contributed by atoms with Gasteiger partial charge in [-0.3, -0.25) is 9.55 Å². The topological polar surface area (TPSA) is 50.9 Å². The van der Waals surface area contributed by atoms with Gasteiger partial charge >= 0.3 is 0 Å². The van der Waals surface area contributed by atoms with Gasteiger partial charge < -0.3 is 5.11 Å². The van der Waals surface area contributed by atoms with E-state index in [-0.39, 0.29) is 38.9 Å². The Hall–Kier alpha value is -5.29. The van der Waals surface area contributed by atoms with Crippen LogP contribution in [0.5, 0.6) is 5.75 Å². The van der Waals surface area contributed by atoms with Crippen LogP contribution in [-0.2, 0) is 32.9 Å². The molecule has 0 aliphatic carbocycles. The molecule has 330 valence electrons. The van der Waals surface area contributed by atoms with E-state index >= 15 is 0 Å². The van der Waals surface area contributed by atoms with E-state index in [1.54, 1.807) is 0 Å². The van der Waals surface area contributed by atoms with E-state index in [9.17, 15) is 5.11 Å². The fourth-order valence-electron chi connectivity index (χ4n) is 10.4. The molecule has 4 heterocycles. The average molecular weight is 1050 g/mol. The molecule has 7 heteroatoms. The number of aromatic hydroxyl groups is 1. The SMILES string of the molecule is Cc1cc(C)c(O)c(-c2nc3c(-c4[c-]c(-c5nccc6c5sc5cc(CC(C)C)ccc56)cc(C(C)(C)C)c4)ccc4c3n2-c2ccccc2B4c2c(C(C)C)cccc2C(C)C)c1.[Pt]. The van der Waals surface area contributed by atoms with E-state index in [1.807, 2.05) is 30.5 Å². The number of para-hydroxylation sites is 1. The molecule has 0 saturated heterocycles. The van der Waals surface area contributed by atoms with E-state index in [1.165, 1.54) is 58.8 Å². The van der Waals surface area contributed by atoms with Crippen LogP contribution in [-0.4, -0.2) is 26.4 Å². The summed E-state index contributed by atoms with van der Waals surface area (Å²) >= 11 is 1.84. The second kappa shape index (κ2) is 16.9. The van der Waals surface area contributed by atoms with Crippen molar-refractivity contribution in [3.63, 3.8) is 0 Å². The van der Waals surface area contributed by atoms with Gasteiger partial charge in [-0.25, -0.2) is 4.98 Å². The first-order valence-electron chi connectivity index (χ1n) is 23.1. The first-order chi connectivity index (χ1) is 30.6. The van der Waals surface area contributed by atoms with E-state index in [0.29, 0.717) is 17.8 Å². The maximum Gasteiger partial charge on any atom is 0.247 e. The quantitative estimate of drug-likeness (QED) is 0.122. The van der Waals surface area contributed by atoms with Crippen LogP contribution in [0.1, 0.15) is 108 Å². The van der Waals surface area contributed by atoms with Crippen molar-refractivity contribution in [1.82, 2.24) is 14.5 Å². The molecule has 6 aromatic carbocycles. The number of hydrogen-bond donors (Lipinski definition) is 1. The maximum absolute atomic E-state index is 11.9. The summed E-state index contributed by atoms with van der Waals surface area (Å²) in [6, 6.07) is 42.2. The van der Waals surface area contributed by atoms with Crippen LogP contribution in [0.3, 0.4) is 0 Å². The minimum absolute atomic E-state index is 0. The monoisotopic (exact) mass is 1050 g/mol. The third-order valence-electron chi connectivity index (χ3n) is 13.4. The molecule has 1 N–H and O–H groups in total. The number of thiophene rings is 1. The number of benzene rings is 6. The molecule has 0 amide bonds. The van der Waals surface area contributed by atoms with Gasteiger partial charge in [0.15, 0.2) is 0 Å². The van der Waals surface area contributed by atoms with Crippen LogP contribution in [0.4, 0.5) is 0 Å². The van der Waals surface area contributed by atoms with Crippen LogP contribution >= 0.6 is 11.3 Å². The normalized spacial score (nSPS) is 12.6. The molecular formula is C58H57BN3OPtS-. The van der Waals surface area contributed by atoms with Crippen LogP contribution in [0.15, 0.2) is 109 Å². The Bertz CT molecular complexity index is 3310. The van der Waals surface area contributed by atoms with Gasteiger partial charge in [-0.2, -0.15) is 0 Å². The van der Waals surface area contributed by atoms with Crippen LogP contribution < -0.4 is 16.4 Å². The summed E-state index contributed by atoms with van der Waals surface area (Å²) in [5, 5.41) is 14.4. The van der Waals surface area contributed by atoms with Crippen molar-refractivity contribution in [3.8, 4) is 45.2 Å². The van der Waals surface area contributed by atoms with Crippen molar-refractivity contribution in [1.29, 1.82) is 0 Å². The molecular weight excluding hydrogens is 993 g/mol. The Kier molecular flexibility index (Phi) is 11.6. The summed E-state index contributed by atoms with van der Waals surface area (Å²) < 4.78 is 4.81. The van der Waals surface area contributed by atoms with E-state index in [4.69, 9.17) is 9.97 Å². The molecule has 10 rings (SSSR count). The minimum Gasteiger partial charge on any atom is -0.507 e. The number of pyridine rings is 1. The van der Waals surface area contributed by atoms with Crippen molar-refractivity contribution in [2.45, 2.75) is 99.8 Å². The summed E-state index contributed by atoms with van der Waals surface area (Å²) in [5.41, 5.74) is 18.7. The molecule has 3 aromatic heterocycles. The fraction of sp³-hybridized carbons (Fsp3) is 0.276. The third-order valence-corrected chi connectivity index (χ3v) is 14.6. The van der Waals surface area contributed by atoms with E-state index in [0.717, 1.165) is 68.0 Å². The predicted octanol–water partition coefficient (Wildman–Crippen LogP) is 13.5. The number of hydrogen-bond acceptors (Lipinski definition) is 4. The molecule has 0 unspecified atom stereocenters. The molecule has 0 bridgehead atoms. The number of fused-ring (bicyclic) bond motifs is 5. The second-order valence-corrected chi connectivity index (χ2v) is 21.4. The Labute approximate surface area is 403 Å². The molecule has 0 saturated carbocycles. The maximum atomic E-state index is 11.9. The van der Waals surface area contributed by atoms with Crippen LogP contribution in [0.25, 0.3) is 70.7 Å². The van der Waals surface area contributed by atoms with Gasteiger partial charge in [-0.05, 0) is 117 Å². The molecule has 9 aromatic rings. The Morgan fingerprint density at radius 1 is 0.754 bits per heavy atom. The van der Waals surface area contributed by atoms with Gasteiger partial charge in [0.25, 0.3) is 0 Å². The molecule has 1 aliphatic heterocycles. The first-order valence-corrected chi connectivity index (χ1v) is 23.9. The zero-order chi connectivity index (χ0) is 44.9. The fourth-order valence-corrected chi connectivity index (χ4v) is 11.6. The molecule has 4 nitrogen and oxygen atoms in total. The zero-order valence-corrected chi connectivity index (χ0v) is 42.5. The molecule has 65 heavy (non-hydrogen) atoms. The van der Waals surface area contributed by atoms with Crippen molar-refractivity contribution < 1.29 is 26.2 Å². The standard InChI is InChI=1S/C58H57BN3OS.Pt/c1-32(2)25-37-19-20-44-45-23-24-60-52(56(45)64-50(44)28-37)39-29-38(30-40(31-39)58(9,10)11)43-21-22-48-54-53(43)61-57(46-27-35(7)26-36(8)55(46)63)62(54)49-18-13-12-17-47(49)59(48)51-41(33(3)4)15-14-16-42(51)34(5)6;/h12-24,26-28,30-34,63H,25H2,1-11H3;/q-1;. The average Bonchev–Trinajstić information content (AvgIpc) is 3.84. The number of phenols is 1. The number of nitrogens with zero attached hydrogens (tertiary/aromatic N) is 3. The molecule has 0 fully saturated rings. The number of rotatable bonds is 8. The molecule has 0 atom stereocenters. The van der Waals surface area contributed by atoms with Gasteiger partial charge in [0.05, 0.1) is 16.6 Å². The number of imidazole rings is 1. The smallest absolute Gasteiger partial charge is 0.247 e. The summed E-state index contributed by atoms with van der Waals surface area (Å²) in [6.07, 6.45) is 3.02. The van der Waals surface area contributed by atoms with E-state index in [2.05, 4.69) is 177 Å². The Morgan fingerprint density at radius 3 is 2.18 bits per heavy atom. The number of phenolic OH excluding ortho intramolecular Hbond substituents is 1. The summed E-state index contributed by atoms with van der Waals surface area (Å²) in [6.45, 7) is 24.7. The van der Waals surface area contributed by atoms with Crippen LogP contribution in [0.2, 0.25) is 0 Å². The molecule has 0 radical (unpaired) electrons. The van der Waals surface area contributed by atoms with Gasteiger partial charge in [-0.1, -0.05) is 146 Å². The number of aromatic nitrogens is 3. The predicted molar refractivity (Wildman–Crippen MR) is 275 cm³/mol. The van der Waals surface area contributed by atoms with Crippen molar-refractivity contribution in [3.05, 3.63) is 149 Å². The first kappa shape index (κ1) is 44.9. The van der Waals surface area contributed by atoms with Crippen molar-refractivity contribution >= 4 is 65.6 Å².